The summed E-state index contributed by atoms with van der Waals surface area (Å²) in [5.41, 5.74) is 6.15. The van der Waals surface area contributed by atoms with Crippen molar-refractivity contribution in [3.05, 3.63) is 21.3 Å². The van der Waals surface area contributed by atoms with E-state index in [1.807, 2.05) is 6.07 Å². The molecule has 0 radical (unpaired) electrons. The van der Waals surface area contributed by atoms with E-state index in [-0.39, 0.29) is 0 Å². The Kier molecular flexibility index (Phi) is 5.93. The highest BCUT2D eigenvalue weighted by molar-refractivity contribution is 7.16. The van der Waals surface area contributed by atoms with Crippen LogP contribution in [0.15, 0.2) is 12.1 Å². The summed E-state index contributed by atoms with van der Waals surface area (Å²) in [6.45, 7) is 9.38. The summed E-state index contributed by atoms with van der Waals surface area (Å²) in [7, 11) is 0. The molecular formula is C13H23ClN2S. The molecule has 0 aliphatic heterocycles. The van der Waals surface area contributed by atoms with Gasteiger partial charge in [-0.05, 0) is 43.0 Å². The molecule has 1 heterocycles. The largest absolute Gasteiger partial charge is 0.330 e. The van der Waals surface area contributed by atoms with Crippen molar-refractivity contribution in [1.82, 2.24) is 5.32 Å². The summed E-state index contributed by atoms with van der Waals surface area (Å²) in [5, 5.41) is 3.46. The molecule has 0 aromatic carbocycles. The molecule has 0 saturated heterocycles. The topological polar surface area (TPSA) is 38.0 Å². The summed E-state index contributed by atoms with van der Waals surface area (Å²) >= 11 is 7.52. The van der Waals surface area contributed by atoms with Crippen molar-refractivity contribution in [2.75, 3.05) is 13.1 Å². The van der Waals surface area contributed by atoms with Crippen LogP contribution < -0.4 is 11.1 Å². The van der Waals surface area contributed by atoms with Crippen molar-refractivity contribution < 1.29 is 0 Å². The lowest BCUT2D eigenvalue weighted by Gasteiger charge is -2.25. The second kappa shape index (κ2) is 6.74. The van der Waals surface area contributed by atoms with E-state index in [2.05, 4.69) is 32.2 Å². The van der Waals surface area contributed by atoms with Crippen molar-refractivity contribution >= 4 is 22.9 Å². The van der Waals surface area contributed by atoms with E-state index in [1.54, 1.807) is 11.3 Å². The predicted octanol–water partition coefficient (Wildman–Crippen LogP) is 3.50. The molecule has 0 aliphatic rings. The second-order valence-corrected chi connectivity index (χ2v) is 7.50. The summed E-state index contributed by atoms with van der Waals surface area (Å²) in [6.07, 6.45) is 1.15. The van der Waals surface area contributed by atoms with Crippen molar-refractivity contribution in [1.29, 1.82) is 0 Å². The van der Waals surface area contributed by atoms with Gasteiger partial charge in [0.05, 0.1) is 4.34 Å². The fourth-order valence-corrected chi connectivity index (χ4v) is 3.01. The van der Waals surface area contributed by atoms with E-state index in [0.717, 1.165) is 30.4 Å². The Hall–Kier alpha value is -0.0900. The van der Waals surface area contributed by atoms with Crippen LogP contribution in [-0.4, -0.2) is 13.1 Å². The van der Waals surface area contributed by atoms with E-state index >= 15 is 0 Å². The maximum Gasteiger partial charge on any atom is 0.0931 e. The van der Waals surface area contributed by atoms with Crippen molar-refractivity contribution in [3.63, 3.8) is 0 Å². The molecule has 4 heteroatoms. The van der Waals surface area contributed by atoms with Gasteiger partial charge in [-0.2, -0.15) is 0 Å². The zero-order valence-electron chi connectivity index (χ0n) is 10.9. The average Bonchev–Trinajstić information content (AvgIpc) is 2.61. The third-order valence-electron chi connectivity index (χ3n) is 2.60. The normalized spacial score (nSPS) is 13.9. The maximum absolute atomic E-state index is 5.89. The van der Waals surface area contributed by atoms with Crippen LogP contribution in [0.2, 0.25) is 4.34 Å². The van der Waals surface area contributed by atoms with E-state index in [0.29, 0.717) is 11.3 Å². The predicted molar refractivity (Wildman–Crippen MR) is 77.7 cm³/mol. The van der Waals surface area contributed by atoms with Gasteiger partial charge in [0.2, 0.25) is 0 Å². The first-order valence-electron chi connectivity index (χ1n) is 6.06. The Balaban J connectivity index is 2.28. The van der Waals surface area contributed by atoms with Gasteiger partial charge in [0.25, 0.3) is 0 Å². The maximum atomic E-state index is 5.89. The van der Waals surface area contributed by atoms with Crippen LogP contribution in [0.5, 0.6) is 0 Å². The molecule has 3 N–H and O–H groups in total. The van der Waals surface area contributed by atoms with Crippen LogP contribution in [0.1, 0.15) is 32.1 Å². The van der Waals surface area contributed by atoms with Crippen molar-refractivity contribution in [2.45, 2.75) is 33.7 Å². The summed E-state index contributed by atoms with van der Waals surface area (Å²) in [4.78, 5) is 1.28. The van der Waals surface area contributed by atoms with Crippen molar-refractivity contribution in [2.24, 2.45) is 17.1 Å². The smallest absolute Gasteiger partial charge is 0.0931 e. The van der Waals surface area contributed by atoms with E-state index in [4.69, 9.17) is 17.3 Å². The number of nitrogens with one attached hydrogen (secondary N) is 1. The minimum absolute atomic E-state index is 0.345. The molecule has 1 atom stereocenters. The molecule has 1 unspecified atom stereocenters. The van der Waals surface area contributed by atoms with Gasteiger partial charge in [0.15, 0.2) is 0 Å². The first kappa shape index (κ1) is 15.0. The van der Waals surface area contributed by atoms with E-state index < -0.39 is 0 Å². The number of thiophene rings is 1. The minimum atomic E-state index is 0.345. The fourth-order valence-electron chi connectivity index (χ4n) is 1.95. The standard InChI is InChI=1S/C13H23ClN2S/c1-13(2,3)6-10(7-15)8-16-9-11-4-5-12(14)17-11/h4-5,10,16H,6-9,15H2,1-3H3. The third kappa shape index (κ3) is 6.41. The SMILES string of the molecule is CC(C)(C)CC(CN)CNCc1ccc(Cl)s1. The van der Waals surface area contributed by atoms with Crippen LogP contribution in [0.3, 0.4) is 0 Å². The highest BCUT2D eigenvalue weighted by Gasteiger charge is 2.17. The molecular weight excluding hydrogens is 252 g/mol. The lowest BCUT2D eigenvalue weighted by molar-refractivity contribution is 0.290. The average molecular weight is 275 g/mol. The van der Waals surface area contributed by atoms with Crippen LogP contribution in [0.25, 0.3) is 0 Å². The fraction of sp³-hybridized carbons (Fsp3) is 0.692. The number of halogens is 1. The zero-order valence-corrected chi connectivity index (χ0v) is 12.5. The van der Waals surface area contributed by atoms with Crippen LogP contribution in [-0.2, 0) is 6.54 Å². The Morgan fingerprint density at radius 2 is 2.12 bits per heavy atom. The second-order valence-electron chi connectivity index (χ2n) is 5.70. The lowest BCUT2D eigenvalue weighted by Crippen LogP contribution is -2.30. The van der Waals surface area contributed by atoms with Crippen molar-refractivity contribution in [3.8, 4) is 0 Å². The molecule has 1 aromatic rings. The van der Waals surface area contributed by atoms with Gasteiger partial charge < -0.3 is 11.1 Å². The first-order valence-corrected chi connectivity index (χ1v) is 7.25. The number of rotatable bonds is 6. The molecule has 17 heavy (non-hydrogen) atoms. The zero-order chi connectivity index (χ0) is 12.9. The summed E-state index contributed by atoms with van der Waals surface area (Å²) in [6, 6.07) is 4.01. The summed E-state index contributed by atoms with van der Waals surface area (Å²) in [5.74, 6) is 0.547. The van der Waals surface area contributed by atoms with Gasteiger partial charge in [-0.25, -0.2) is 0 Å². The lowest BCUT2D eigenvalue weighted by atomic mass is 9.84. The van der Waals surface area contributed by atoms with Gasteiger partial charge in [0, 0.05) is 11.4 Å². The van der Waals surface area contributed by atoms with Gasteiger partial charge in [-0.15, -0.1) is 11.3 Å². The van der Waals surface area contributed by atoms with Crippen LogP contribution >= 0.6 is 22.9 Å². The van der Waals surface area contributed by atoms with Gasteiger partial charge in [0.1, 0.15) is 0 Å². The Bertz CT molecular complexity index is 330. The molecule has 0 fully saturated rings. The van der Waals surface area contributed by atoms with Gasteiger partial charge in [-0.1, -0.05) is 32.4 Å². The molecule has 0 amide bonds. The molecule has 0 bridgehead atoms. The highest BCUT2D eigenvalue weighted by Crippen LogP contribution is 2.24. The summed E-state index contributed by atoms with van der Waals surface area (Å²) < 4.78 is 0.854. The van der Waals surface area contributed by atoms with Crippen LogP contribution in [0.4, 0.5) is 0 Å². The molecule has 1 rings (SSSR count). The first-order chi connectivity index (χ1) is 7.90. The number of hydrogen-bond donors (Lipinski definition) is 2. The van der Waals surface area contributed by atoms with Gasteiger partial charge >= 0.3 is 0 Å². The van der Waals surface area contributed by atoms with Gasteiger partial charge in [-0.3, -0.25) is 0 Å². The van der Waals surface area contributed by atoms with E-state index in [1.165, 1.54) is 4.88 Å². The quantitative estimate of drug-likeness (QED) is 0.833. The molecule has 1 aromatic heterocycles. The highest BCUT2D eigenvalue weighted by atomic mass is 35.5. The Morgan fingerprint density at radius 1 is 1.41 bits per heavy atom. The molecule has 0 saturated carbocycles. The molecule has 0 aliphatic carbocycles. The Labute approximate surface area is 114 Å². The minimum Gasteiger partial charge on any atom is -0.330 e. The Morgan fingerprint density at radius 3 is 2.59 bits per heavy atom. The monoisotopic (exact) mass is 274 g/mol. The van der Waals surface area contributed by atoms with E-state index in [9.17, 15) is 0 Å². The number of hydrogen-bond acceptors (Lipinski definition) is 3. The third-order valence-corrected chi connectivity index (χ3v) is 3.83. The molecule has 98 valence electrons. The number of nitrogens with two attached hydrogens (primary N) is 1. The molecule has 2 nitrogen and oxygen atoms in total. The molecule has 0 spiro atoms. The van der Waals surface area contributed by atoms with Crippen LogP contribution in [0, 0.1) is 11.3 Å².